The minimum absolute atomic E-state index is 0.165. The Morgan fingerprint density at radius 1 is 1.17 bits per heavy atom. The highest BCUT2D eigenvalue weighted by Crippen LogP contribution is 2.38. The van der Waals surface area contributed by atoms with Gasteiger partial charge in [-0.1, -0.05) is 51.0 Å². The van der Waals surface area contributed by atoms with Gasteiger partial charge in [0.2, 0.25) is 0 Å². The van der Waals surface area contributed by atoms with Crippen LogP contribution in [0.4, 0.5) is 0 Å². The molecule has 170 valence electrons. The minimum Gasteiger partial charge on any atom is -0.417 e. The van der Waals surface area contributed by atoms with Crippen LogP contribution in [-0.2, 0) is 9.22 Å². The highest BCUT2D eigenvalue weighted by atomic mass is 28.4. The maximum atomic E-state index is 13.4. The van der Waals surface area contributed by atoms with Crippen LogP contribution in [0.3, 0.4) is 0 Å². The third kappa shape index (κ3) is 8.51. The average molecular weight is 432 g/mol. The summed E-state index contributed by atoms with van der Waals surface area (Å²) in [6, 6.07) is 2.40. The second-order valence-corrected chi connectivity index (χ2v) is 15.9. The van der Waals surface area contributed by atoms with Crippen molar-refractivity contribution in [2.45, 2.75) is 111 Å². The summed E-state index contributed by atoms with van der Waals surface area (Å²) < 4.78 is 6.41. The monoisotopic (exact) mass is 431 g/mol. The van der Waals surface area contributed by atoms with Gasteiger partial charge in [-0.3, -0.25) is 4.79 Å². The SMILES string of the molecule is C/C1=C\CC[C@@](C)(CCO[Si](C)(C)C(C)(C)C)C(=O)CC(C#N)CC/C(C)=C/CC1. The number of Topliss-reactive ketones (excluding diaryl/α,β-unsaturated/α-hetero) is 1. The number of allylic oxidation sites excluding steroid dienone is 4. The molecule has 0 N–H and O–H groups in total. The predicted octanol–water partition coefficient (Wildman–Crippen LogP) is 7.75. The van der Waals surface area contributed by atoms with E-state index in [1.54, 1.807) is 0 Å². The number of carbonyl (C=O) groups is 1. The van der Waals surface area contributed by atoms with Crippen LogP contribution in [0.5, 0.6) is 0 Å². The highest BCUT2D eigenvalue weighted by Gasteiger charge is 2.39. The Bertz CT molecular complexity index is 678. The fraction of sp³-hybridized carbons (Fsp3) is 0.769. The second-order valence-electron chi connectivity index (χ2n) is 11.1. The second kappa shape index (κ2) is 11.4. The molecule has 0 saturated carbocycles. The molecule has 0 bridgehead atoms. The van der Waals surface area contributed by atoms with Crippen molar-refractivity contribution in [2.75, 3.05) is 6.61 Å². The number of nitriles is 1. The molecule has 1 aliphatic carbocycles. The Balaban J connectivity index is 2.97. The van der Waals surface area contributed by atoms with E-state index in [0.29, 0.717) is 13.0 Å². The average Bonchev–Trinajstić information content (AvgIpc) is 2.63. The van der Waals surface area contributed by atoms with Gasteiger partial charge in [0.15, 0.2) is 8.32 Å². The maximum Gasteiger partial charge on any atom is 0.191 e. The molecule has 0 heterocycles. The Hall–Kier alpha value is -1.18. The van der Waals surface area contributed by atoms with E-state index in [1.807, 2.05) is 0 Å². The highest BCUT2D eigenvalue weighted by molar-refractivity contribution is 6.74. The predicted molar refractivity (Wildman–Crippen MR) is 130 cm³/mol. The summed E-state index contributed by atoms with van der Waals surface area (Å²) in [5, 5.41) is 9.79. The number of rotatable bonds is 4. The molecular weight excluding hydrogens is 386 g/mol. The molecule has 1 rings (SSSR count). The zero-order valence-corrected chi connectivity index (χ0v) is 21.9. The van der Waals surface area contributed by atoms with E-state index in [-0.39, 0.29) is 16.7 Å². The molecule has 0 aliphatic heterocycles. The molecule has 0 aromatic rings. The quantitative estimate of drug-likeness (QED) is 0.337. The van der Waals surface area contributed by atoms with Gasteiger partial charge in [0, 0.05) is 18.4 Å². The molecule has 0 spiro atoms. The number of hydrogen-bond donors (Lipinski definition) is 0. The van der Waals surface area contributed by atoms with E-state index in [0.717, 1.165) is 44.9 Å². The van der Waals surface area contributed by atoms with Crippen LogP contribution in [0, 0.1) is 22.7 Å². The van der Waals surface area contributed by atoms with Crippen LogP contribution >= 0.6 is 0 Å². The van der Waals surface area contributed by atoms with Crippen molar-refractivity contribution in [3.8, 4) is 6.07 Å². The smallest absolute Gasteiger partial charge is 0.191 e. The van der Waals surface area contributed by atoms with E-state index in [4.69, 9.17) is 4.43 Å². The molecule has 0 saturated heterocycles. The van der Waals surface area contributed by atoms with Gasteiger partial charge < -0.3 is 4.43 Å². The molecule has 30 heavy (non-hydrogen) atoms. The molecule has 1 aliphatic rings. The lowest BCUT2D eigenvalue weighted by Gasteiger charge is -2.37. The van der Waals surface area contributed by atoms with Crippen molar-refractivity contribution >= 4 is 14.1 Å². The van der Waals surface area contributed by atoms with Gasteiger partial charge in [-0.15, -0.1) is 0 Å². The number of carbonyl (C=O) groups excluding carboxylic acids is 1. The summed E-state index contributed by atoms with van der Waals surface area (Å²) in [5.41, 5.74) is 2.31. The molecule has 4 heteroatoms. The first kappa shape index (κ1) is 26.9. The summed E-state index contributed by atoms with van der Waals surface area (Å²) in [5.74, 6) is 0.0410. The summed E-state index contributed by atoms with van der Waals surface area (Å²) in [7, 11) is -1.83. The third-order valence-corrected chi connectivity index (χ3v) is 11.9. The molecule has 1 unspecified atom stereocenters. The lowest BCUT2D eigenvalue weighted by Crippen LogP contribution is -2.42. The van der Waals surface area contributed by atoms with Crippen LogP contribution < -0.4 is 0 Å². The number of hydrogen-bond acceptors (Lipinski definition) is 3. The van der Waals surface area contributed by atoms with Gasteiger partial charge in [-0.05, 0) is 76.9 Å². The first-order chi connectivity index (χ1) is 13.8. The van der Waals surface area contributed by atoms with E-state index in [9.17, 15) is 10.1 Å². The van der Waals surface area contributed by atoms with Gasteiger partial charge in [-0.25, -0.2) is 0 Å². The lowest BCUT2D eigenvalue weighted by atomic mass is 9.75. The van der Waals surface area contributed by atoms with Crippen LogP contribution in [0.15, 0.2) is 23.3 Å². The molecule has 0 aromatic carbocycles. The zero-order chi connectivity index (χ0) is 23.0. The van der Waals surface area contributed by atoms with Crippen molar-refractivity contribution in [3.63, 3.8) is 0 Å². The molecule has 0 radical (unpaired) electrons. The van der Waals surface area contributed by atoms with Gasteiger partial charge in [0.1, 0.15) is 5.78 Å². The largest absolute Gasteiger partial charge is 0.417 e. The van der Waals surface area contributed by atoms with Gasteiger partial charge in [0.25, 0.3) is 0 Å². The van der Waals surface area contributed by atoms with Gasteiger partial charge >= 0.3 is 0 Å². The van der Waals surface area contributed by atoms with Crippen LogP contribution in [0.25, 0.3) is 0 Å². The Labute approximate surface area is 187 Å². The third-order valence-electron chi connectivity index (χ3n) is 7.32. The summed E-state index contributed by atoms with van der Waals surface area (Å²) in [6.07, 6.45) is 11.2. The first-order valence-electron chi connectivity index (χ1n) is 11.7. The van der Waals surface area contributed by atoms with Crippen LogP contribution in [0.2, 0.25) is 18.1 Å². The minimum atomic E-state index is -1.83. The van der Waals surface area contributed by atoms with E-state index < -0.39 is 13.7 Å². The fourth-order valence-corrected chi connectivity index (χ4v) is 4.67. The van der Waals surface area contributed by atoms with Crippen molar-refractivity contribution < 1.29 is 9.22 Å². The lowest BCUT2D eigenvalue weighted by molar-refractivity contribution is -0.129. The fourth-order valence-electron chi connectivity index (χ4n) is 3.62. The van der Waals surface area contributed by atoms with Gasteiger partial charge in [0.05, 0.1) is 12.0 Å². The van der Waals surface area contributed by atoms with Crippen molar-refractivity contribution in [2.24, 2.45) is 11.3 Å². The molecular formula is C26H45NO2Si. The summed E-state index contributed by atoms with van der Waals surface area (Å²) in [6.45, 7) is 18.3. The first-order valence-corrected chi connectivity index (χ1v) is 14.6. The topological polar surface area (TPSA) is 50.1 Å². The Morgan fingerprint density at radius 3 is 2.37 bits per heavy atom. The van der Waals surface area contributed by atoms with E-state index >= 15 is 0 Å². The van der Waals surface area contributed by atoms with Gasteiger partial charge in [-0.2, -0.15) is 5.26 Å². The van der Waals surface area contributed by atoms with E-state index in [1.165, 1.54) is 11.1 Å². The molecule has 0 aromatic heterocycles. The standard InChI is InChI=1S/C26H45NO2Si/c1-21-11-9-12-22(2)14-15-23(20-27)19-24(28)26(6,16-10-13-21)17-18-29-30(7,8)25(3,4)5/h12-13,23H,9-11,14-19H2,1-8H3/b21-13+,22-12+/t23?,26-/m0/s1. The summed E-state index contributed by atoms with van der Waals surface area (Å²) in [4.78, 5) is 13.4. The number of nitrogens with zero attached hydrogens (tertiary/aromatic N) is 1. The molecule has 0 fully saturated rings. The maximum absolute atomic E-state index is 13.4. The normalized spacial score (nSPS) is 29.2. The Kier molecular flexibility index (Phi) is 10.2. The van der Waals surface area contributed by atoms with E-state index in [2.05, 4.69) is 72.9 Å². The summed E-state index contributed by atoms with van der Waals surface area (Å²) >= 11 is 0. The molecule has 0 amide bonds. The van der Waals surface area contributed by atoms with Crippen LogP contribution in [-0.4, -0.2) is 20.7 Å². The molecule has 3 nitrogen and oxygen atoms in total. The van der Waals surface area contributed by atoms with Crippen molar-refractivity contribution in [1.29, 1.82) is 5.26 Å². The molecule has 2 atom stereocenters. The van der Waals surface area contributed by atoms with Crippen molar-refractivity contribution in [3.05, 3.63) is 23.3 Å². The zero-order valence-electron chi connectivity index (χ0n) is 20.9. The van der Waals surface area contributed by atoms with Crippen molar-refractivity contribution in [1.82, 2.24) is 0 Å². The Morgan fingerprint density at radius 2 is 1.77 bits per heavy atom. The number of ketones is 1. The van der Waals surface area contributed by atoms with Crippen LogP contribution in [0.1, 0.15) is 92.9 Å².